The van der Waals surface area contributed by atoms with Crippen LogP contribution in [-0.4, -0.2) is 65.2 Å². The second kappa shape index (κ2) is 12.3. The molecule has 0 unspecified atom stereocenters. The van der Waals surface area contributed by atoms with Crippen LogP contribution < -0.4 is 14.8 Å². The number of ether oxygens (including phenoxy) is 2. The fraction of sp³-hybridized carbons (Fsp3) is 0.435. The first-order valence-corrected chi connectivity index (χ1v) is 12.8. The van der Waals surface area contributed by atoms with Crippen LogP contribution >= 0.6 is 11.6 Å². The van der Waals surface area contributed by atoms with Crippen molar-refractivity contribution in [1.82, 2.24) is 14.9 Å². The normalized spacial score (nSPS) is 15.7. The van der Waals surface area contributed by atoms with E-state index in [0.717, 1.165) is 44.8 Å². The fourth-order valence-corrected chi connectivity index (χ4v) is 4.98. The highest BCUT2D eigenvalue weighted by atomic mass is 35.5. The van der Waals surface area contributed by atoms with Crippen LogP contribution in [0.4, 0.5) is 0 Å². The van der Waals surface area contributed by atoms with Crippen molar-refractivity contribution in [3.8, 4) is 5.75 Å². The van der Waals surface area contributed by atoms with Crippen molar-refractivity contribution in [1.29, 1.82) is 0 Å². The number of carbonyl (C=O) groups is 1. The van der Waals surface area contributed by atoms with Gasteiger partial charge in [0.1, 0.15) is 5.75 Å². The molecule has 3 rings (SSSR count). The van der Waals surface area contributed by atoms with Crippen molar-refractivity contribution in [2.75, 3.05) is 46.0 Å². The van der Waals surface area contributed by atoms with Crippen molar-refractivity contribution in [3.05, 3.63) is 59.1 Å². The quantitative estimate of drug-likeness (QED) is 0.465. The van der Waals surface area contributed by atoms with E-state index in [1.165, 1.54) is 18.2 Å². The lowest BCUT2D eigenvalue weighted by Crippen LogP contribution is -2.38. The Balaban J connectivity index is 1.46. The Morgan fingerprint density at radius 2 is 1.91 bits per heavy atom. The van der Waals surface area contributed by atoms with Crippen LogP contribution in [0, 0.1) is 0 Å². The maximum absolute atomic E-state index is 12.7. The van der Waals surface area contributed by atoms with Crippen molar-refractivity contribution in [3.63, 3.8) is 0 Å². The van der Waals surface area contributed by atoms with Gasteiger partial charge < -0.3 is 14.8 Å². The second-order valence-electron chi connectivity index (χ2n) is 7.79. The van der Waals surface area contributed by atoms with Gasteiger partial charge in [-0.1, -0.05) is 41.9 Å². The third-order valence-corrected chi connectivity index (χ3v) is 7.11. The molecule has 1 atom stereocenters. The zero-order chi connectivity index (χ0) is 23.7. The van der Waals surface area contributed by atoms with E-state index < -0.39 is 16.1 Å². The molecular formula is C23H30ClN3O5S. The van der Waals surface area contributed by atoms with Crippen LogP contribution in [0.1, 0.15) is 24.9 Å². The van der Waals surface area contributed by atoms with E-state index in [9.17, 15) is 13.2 Å². The van der Waals surface area contributed by atoms with Crippen LogP contribution in [-0.2, 0) is 19.6 Å². The number of nitrogens with zero attached hydrogens (tertiary/aromatic N) is 1. The lowest BCUT2D eigenvalue weighted by Gasteiger charge is -2.26. The van der Waals surface area contributed by atoms with E-state index in [-0.39, 0.29) is 28.2 Å². The van der Waals surface area contributed by atoms with Gasteiger partial charge in [0.2, 0.25) is 10.0 Å². The molecule has 180 valence electrons. The minimum atomic E-state index is -3.78. The molecule has 0 radical (unpaired) electrons. The molecule has 33 heavy (non-hydrogen) atoms. The monoisotopic (exact) mass is 495 g/mol. The Bertz CT molecular complexity index is 1010. The van der Waals surface area contributed by atoms with E-state index in [1.807, 2.05) is 30.3 Å². The van der Waals surface area contributed by atoms with Gasteiger partial charge in [0, 0.05) is 25.7 Å². The van der Waals surface area contributed by atoms with E-state index in [0.29, 0.717) is 6.54 Å². The number of morpholine rings is 1. The van der Waals surface area contributed by atoms with Crippen molar-refractivity contribution >= 4 is 27.5 Å². The van der Waals surface area contributed by atoms with Crippen LogP contribution in [0.3, 0.4) is 0 Å². The molecule has 1 fully saturated rings. The summed E-state index contributed by atoms with van der Waals surface area (Å²) in [6.45, 7) is 6.37. The number of hydrogen-bond acceptors (Lipinski definition) is 6. The summed E-state index contributed by atoms with van der Waals surface area (Å²) in [6, 6.07) is 13.0. The predicted molar refractivity (Wildman–Crippen MR) is 127 cm³/mol. The highest BCUT2D eigenvalue weighted by Gasteiger charge is 2.20. The Morgan fingerprint density at radius 1 is 1.18 bits per heavy atom. The van der Waals surface area contributed by atoms with E-state index >= 15 is 0 Å². The maximum Gasteiger partial charge on any atom is 0.257 e. The summed E-state index contributed by atoms with van der Waals surface area (Å²) in [5, 5.41) is 2.93. The van der Waals surface area contributed by atoms with Gasteiger partial charge in [-0.15, -0.1) is 0 Å². The third kappa shape index (κ3) is 7.97. The summed E-state index contributed by atoms with van der Waals surface area (Å²) in [7, 11) is -3.78. The van der Waals surface area contributed by atoms with Gasteiger partial charge in [-0.25, -0.2) is 13.1 Å². The number of rotatable bonds is 11. The van der Waals surface area contributed by atoms with Gasteiger partial charge in [-0.3, -0.25) is 9.69 Å². The number of amides is 1. The van der Waals surface area contributed by atoms with Gasteiger partial charge in [0.25, 0.3) is 5.91 Å². The number of benzene rings is 2. The molecule has 10 heteroatoms. The second-order valence-corrected chi connectivity index (χ2v) is 9.91. The number of halogens is 1. The summed E-state index contributed by atoms with van der Waals surface area (Å²) < 4.78 is 38.9. The Kier molecular flexibility index (Phi) is 9.52. The molecule has 1 heterocycles. The largest absolute Gasteiger partial charge is 0.482 e. The summed E-state index contributed by atoms with van der Waals surface area (Å²) in [4.78, 5) is 14.4. The van der Waals surface area contributed by atoms with Gasteiger partial charge in [-0.2, -0.15) is 0 Å². The topological polar surface area (TPSA) is 97.0 Å². The Hall–Kier alpha value is -2.17. The lowest BCUT2D eigenvalue weighted by molar-refractivity contribution is -0.123. The molecule has 0 aromatic heterocycles. The average Bonchev–Trinajstić information content (AvgIpc) is 2.82. The Labute approximate surface area is 200 Å². The summed E-state index contributed by atoms with van der Waals surface area (Å²) >= 11 is 6.22. The summed E-state index contributed by atoms with van der Waals surface area (Å²) in [5.74, 6) is -0.0155. The minimum absolute atomic E-state index is 0.0233. The molecule has 2 N–H and O–H groups in total. The standard InChI is InChI=1S/C23H30ClN3O5S/c1-18(19-6-3-2-4-7-19)26-33(29,30)20-8-9-22(21(24)16-20)32-17-23(28)25-10-5-11-27-12-14-31-15-13-27/h2-4,6-9,16,18,26H,5,10-15,17H2,1H3,(H,25,28)/t18-/m1/s1. The van der Waals surface area contributed by atoms with Gasteiger partial charge in [-0.05, 0) is 43.7 Å². The molecule has 1 aliphatic heterocycles. The molecule has 0 aliphatic carbocycles. The minimum Gasteiger partial charge on any atom is -0.482 e. The number of sulfonamides is 1. The molecule has 8 nitrogen and oxygen atoms in total. The van der Waals surface area contributed by atoms with Crippen molar-refractivity contribution in [2.45, 2.75) is 24.3 Å². The highest BCUT2D eigenvalue weighted by Crippen LogP contribution is 2.28. The van der Waals surface area contributed by atoms with E-state index in [2.05, 4.69) is 14.9 Å². The fourth-order valence-electron chi connectivity index (χ4n) is 3.43. The molecular weight excluding hydrogens is 466 g/mol. The molecule has 1 amide bonds. The lowest BCUT2D eigenvalue weighted by atomic mass is 10.1. The van der Waals surface area contributed by atoms with Gasteiger partial charge in [0.05, 0.1) is 23.1 Å². The van der Waals surface area contributed by atoms with Crippen LogP contribution in [0.25, 0.3) is 0 Å². The average molecular weight is 496 g/mol. The smallest absolute Gasteiger partial charge is 0.257 e. The van der Waals surface area contributed by atoms with Crippen LogP contribution in [0.15, 0.2) is 53.4 Å². The predicted octanol–water partition coefficient (Wildman–Crippen LogP) is 2.60. The molecule has 0 saturated carbocycles. The van der Waals surface area contributed by atoms with Crippen LogP contribution in [0.5, 0.6) is 5.75 Å². The number of hydrogen-bond donors (Lipinski definition) is 2. The first kappa shape index (κ1) is 25.5. The van der Waals surface area contributed by atoms with Gasteiger partial charge in [0.15, 0.2) is 6.61 Å². The zero-order valence-electron chi connectivity index (χ0n) is 18.6. The molecule has 2 aromatic carbocycles. The summed E-state index contributed by atoms with van der Waals surface area (Å²) in [6.07, 6.45) is 0.841. The van der Waals surface area contributed by atoms with Crippen LogP contribution in [0.2, 0.25) is 5.02 Å². The van der Waals surface area contributed by atoms with E-state index in [1.54, 1.807) is 6.92 Å². The summed E-state index contributed by atoms with van der Waals surface area (Å²) in [5.41, 5.74) is 0.850. The first-order valence-electron chi connectivity index (χ1n) is 10.9. The third-order valence-electron chi connectivity index (χ3n) is 5.28. The molecule has 0 bridgehead atoms. The first-order chi connectivity index (χ1) is 15.8. The van der Waals surface area contributed by atoms with Gasteiger partial charge >= 0.3 is 0 Å². The molecule has 1 saturated heterocycles. The maximum atomic E-state index is 12.7. The SMILES string of the molecule is C[C@@H](NS(=O)(=O)c1ccc(OCC(=O)NCCCN2CCOCC2)c(Cl)c1)c1ccccc1. The number of nitrogens with one attached hydrogen (secondary N) is 2. The van der Waals surface area contributed by atoms with Crippen molar-refractivity contribution < 1.29 is 22.7 Å². The Morgan fingerprint density at radius 3 is 2.61 bits per heavy atom. The van der Waals surface area contributed by atoms with E-state index in [4.69, 9.17) is 21.1 Å². The van der Waals surface area contributed by atoms with Crippen molar-refractivity contribution in [2.24, 2.45) is 0 Å². The molecule has 2 aromatic rings. The molecule has 1 aliphatic rings. The number of carbonyl (C=O) groups excluding carboxylic acids is 1. The zero-order valence-corrected chi connectivity index (χ0v) is 20.2. The molecule has 0 spiro atoms. The highest BCUT2D eigenvalue weighted by molar-refractivity contribution is 7.89.